The SMILES string of the molecule is CN1CC(O)C/N=C(/c2ccccc2F)c2cc(Br)ccc21. The third kappa shape index (κ3) is 2.91. The minimum absolute atomic E-state index is 0.250. The summed E-state index contributed by atoms with van der Waals surface area (Å²) in [4.78, 5) is 6.47. The maximum absolute atomic E-state index is 14.2. The molecule has 1 heterocycles. The Labute approximate surface area is 137 Å². The molecule has 22 heavy (non-hydrogen) atoms. The highest BCUT2D eigenvalue weighted by atomic mass is 79.9. The average Bonchev–Trinajstić information content (AvgIpc) is 2.48. The summed E-state index contributed by atoms with van der Waals surface area (Å²) in [6.07, 6.45) is -0.580. The molecule has 3 rings (SSSR count). The Bertz CT molecular complexity index is 732. The number of hydrogen-bond acceptors (Lipinski definition) is 3. The highest BCUT2D eigenvalue weighted by Gasteiger charge is 2.21. The number of aliphatic hydroxyl groups excluding tert-OH is 1. The lowest BCUT2D eigenvalue weighted by Gasteiger charge is -2.28. The van der Waals surface area contributed by atoms with E-state index in [2.05, 4.69) is 20.9 Å². The first-order valence-corrected chi connectivity index (χ1v) is 7.84. The molecule has 0 amide bonds. The van der Waals surface area contributed by atoms with Crippen LogP contribution in [0, 0.1) is 5.82 Å². The van der Waals surface area contributed by atoms with E-state index in [9.17, 15) is 9.50 Å². The fourth-order valence-electron chi connectivity index (χ4n) is 2.67. The van der Waals surface area contributed by atoms with Crippen LogP contribution in [0.4, 0.5) is 10.1 Å². The molecular weight excluding hydrogens is 347 g/mol. The quantitative estimate of drug-likeness (QED) is 0.845. The van der Waals surface area contributed by atoms with Gasteiger partial charge in [0.1, 0.15) is 5.82 Å². The van der Waals surface area contributed by atoms with Crippen molar-refractivity contribution in [1.82, 2.24) is 0 Å². The number of aliphatic imine (C=N–C) groups is 1. The maximum Gasteiger partial charge on any atom is 0.132 e. The van der Waals surface area contributed by atoms with Crippen LogP contribution in [-0.2, 0) is 0 Å². The molecule has 5 heteroatoms. The zero-order valence-electron chi connectivity index (χ0n) is 12.1. The Kier molecular flexibility index (Phi) is 4.27. The number of nitrogens with zero attached hydrogens (tertiary/aromatic N) is 2. The Morgan fingerprint density at radius 1 is 1.23 bits per heavy atom. The third-order valence-electron chi connectivity index (χ3n) is 3.70. The zero-order valence-corrected chi connectivity index (χ0v) is 13.7. The number of β-amino-alcohol motifs (C(OH)–C–C–N with tert-alkyl or cyclic N) is 1. The number of anilines is 1. The number of fused-ring (bicyclic) bond motifs is 1. The molecule has 0 spiro atoms. The lowest BCUT2D eigenvalue weighted by Crippen LogP contribution is -2.34. The first-order chi connectivity index (χ1) is 10.6. The molecular formula is C17H16BrFN2O. The molecule has 0 bridgehead atoms. The van der Waals surface area contributed by atoms with E-state index in [4.69, 9.17) is 0 Å². The largest absolute Gasteiger partial charge is 0.389 e. The Balaban J connectivity index is 2.23. The first kappa shape index (κ1) is 15.2. The van der Waals surface area contributed by atoms with Gasteiger partial charge < -0.3 is 10.0 Å². The number of halogens is 2. The molecule has 1 N–H and O–H groups in total. The molecule has 1 aliphatic heterocycles. The van der Waals surface area contributed by atoms with Gasteiger partial charge in [0.15, 0.2) is 0 Å². The molecule has 1 atom stereocenters. The van der Waals surface area contributed by atoms with E-state index in [0.29, 0.717) is 17.8 Å². The van der Waals surface area contributed by atoms with Crippen LogP contribution < -0.4 is 4.90 Å². The second-order valence-electron chi connectivity index (χ2n) is 5.36. The second-order valence-corrected chi connectivity index (χ2v) is 6.28. The van der Waals surface area contributed by atoms with Gasteiger partial charge in [-0.3, -0.25) is 4.99 Å². The van der Waals surface area contributed by atoms with Gasteiger partial charge in [0, 0.05) is 34.9 Å². The minimum atomic E-state index is -0.580. The Hall–Kier alpha value is -1.72. The molecule has 0 aromatic heterocycles. The van der Waals surface area contributed by atoms with Gasteiger partial charge in [-0.2, -0.15) is 0 Å². The molecule has 0 radical (unpaired) electrons. The monoisotopic (exact) mass is 362 g/mol. The Morgan fingerprint density at radius 3 is 2.77 bits per heavy atom. The van der Waals surface area contributed by atoms with Gasteiger partial charge in [-0.15, -0.1) is 0 Å². The van der Waals surface area contributed by atoms with E-state index in [-0.39, 0.29) is 12.4 Å². The summed E-state index contributed by atoms with van der Waals surface area (Å²) in [5, 5.41) is 10.0. The van der Waals surface area contributed by atoms with Crippen LogP contribution in [0.15, 0.2) is 51.9 Å². The lowest BCUT2D eigenvalue weighted by atomic mass is 9.98. The average molecular weight is 363 g/mol. The minimum Gasteiger partial charge on any atom is -0.389 e. The van der Waals surface area contributed by atoms with Crippen molar-refractivity contribution < 1.29 is 9.50 Å². The number of hydrogen-bond donors (Lipinski definition) is 1. The van der Waals surface area contributed by atoms with Crippen molar-refractivity contribution in [3.8, 4) is 0 Å². The van der Waals surface area contributed by atoms with Gasteiger partial charge in [0.05, 0.1) is 18.4 Å². The standard InChI is InChI=1S/C17H16BrFN2O/c1-21-10-12(22)9-20-17(13-4-2-3-5-15(13)19)14-8-11(18)6-7-16(14)21/h2-8,12,22H,9-10H2,1H3/b20-17-. The van der Waals surface area contributed by atoms with Crippen molar-refractivity contribution in [2.45, 2.75) is 6.10 Å². The van der Waals surface area contributed by atoms with E-state index in [1.54, 1.807) is 18.2 Å². The first-order valence-electron chi connectivity index (χ1n) is 7.04. The van der Waals surface area contributed by atoms with Crippen LogP contribution in [0.1, 0.15) is 11.1 Å². The predicted octanol–water partition coefficient (Wildman–Crippen LogP) is 3.24. The number of likely N-dealkylation sites (N-methyl/N-ethyl adjacent to an activating group) is 1. The fourth-order valence-corrected chi connectivity index (χ4v) is 3.03. The molecule has 3 nitrogen and oxygen atoms in total. The van der Waals surface area contributed by atoms with E-state index in [1.807, 2.05) is 30.1 Å². The third-order valence-corrected chi connectivity index (χ3v) is 4.19. The van der Waals surface area contributed by atoms with Gasteiger partial charge >= 0.3 is 0 Å². The van der Waals surface area contributed by atoms with Gasteiger partial charge in [0.2, 0.25) is 0 Å². The molecule has 0 saturated heterocycles. The summed E-state index contributed by atoms with van der Waals surface area (Å²) < 4.78 is 15.1. The van der Waals surface area contributed by atoms with Crippen molar-refractivity contribution in [2.75, 3.05) is 25.0 Å². The molecule has 1 unspecified atom stereocenters. The number of benzene rings is 2. The van der Waals surface area contributed by atoms with Crippen molar-refractivity contribution in [1.29, 1.82) is 0 Å². The van der Waals surface area contributed by atoms with E-state index < -0.39 is 6.10 Å². The van der Waals surface area contributed by atoms with Crippen LogP contribution in [0.25, 0.3) is 0 Å². The zero-order chi connectivity index (χ0) is 15.7. The molecule has 0 saturated carbocycles. The lowest BCUT2D eigenvalue weighted by molar-refractivity contribution is 0.190. The summed E-state index contributed by atoms with van der Waals surface area (Å²) >= 11 is 3.47. The van der Waals surface area contributed by atoms with Crippen molar-refractivity contribution >= 4 is 27.3 Å². The van der Waals surface area contributed by atoms with Gasteiger partial charge in [-0.25, -0.2) is 4.39 Å². The molecule has 0 fully saturated rings. The van der Waals surface area contributed by atoms with Gasteiger partial charge in [-0.1, -0.05) is 28.1 Å². The van der Waals surface area contributed by atoms with Crippen molar-refractivity contribution in [3.63, 3.8) is 0 Å². The summed E-state index contributed by atoms with van der Waals surface area (Å²) in [5.74, 6) is -0.315. The van der Waals surface area contributed by atoms with E-state index in [0.717, 1.165) is 15.7 Å². The fraction of sp³-hybridized carbons (Fsp3) is 0.235. The second kappa shape index (κ2) is 6.18. The van der Waals surface area contributed by atoms with Crippen LogP contribution in [0.5, 0.6) is 0 Å². The molecule has 114 valence electrons. The predicted molar refractivity (Wildman–Crippen MR) is 90.3 cm³/mol. The highest BCUT2D eigenvalue weighted by Crippen LogP contribution is 2.29. The number of aliphatic hydroxyl groups is 1. The number of rotatable bonds is 1. The summed E-state index contributed by atoms with van der Waals surface area (Å²) in [5.41, 5.74) is 2.79. The maximum atomic E-state index is 14.2. The van der Waals surface area contributed by atoms with E-state index in [1.165, 1.54) is 6.07 Å². The normalized spacial score (nSPS) is 20.6. The summed E-state index contributed by atoms with van der Waals surface area (Å²) in [7, 11) is 1.92. The molecule has 2 aromatic rings. The van der Waals surface area contributed by atoms with Crippen LogP contribution in [-0.4, -0.2) is 37.1 Å². The van der Waals surface area contributed by atoms with Gasteiger partial charge in [0.25, 0.3) is 0 Å². The van der Waals surface area contributed by atoms with Crippen LogP contribution >= 0.6 is 15.9 Å². The Morgan fingerprint density at radius 2 is 2.00 bits per heavy atom. The topological polar surface area (TPSA) is 35.8 Å². The molecule has 1 aliphatic rings. The van der Waals surface area contributed by atoms with Crippen LogP contribution in [0.3, 0.4) is 0 Å². The highest BCUT2D eigenvalue weighted by molar-refractivity contribution is 9.10. The molecule has 2 aromatic carbocycles. The van der Waals surface area contributed by atoms with Gasteiger partial charge in [-0.05, 0) is 30.3 Å². The summed E-state index contributed by atoms with van der Waals surface area (Å²) in [6.45, 7) is 0.739. The van der Waals surface area contributed by atoms with Crippen molar-refractivity contribution in [2.24, 2.45) is 4.99 Å². The smallest absolute Gasteiger partial charge is 0.132 e. The van der Waals surface area contributed by atoms with Crippen molar-refractivity contribution in [3.05, 3.63) is 63.9 Å². The molecule has 0 aliphatic carbocycles. The summed E-state index contributed by atoms with van der Waals surface area (Å²) in [6, 6.07) is 12.4. The van der Waals surface area contributed by atoms with E-state index >= 15 is 0 Å². The van der Waals surface area contributed by atoms with Crippen LogP contribution in [0.2, 0.25) is 0 Å².